The van der Waals surface area contributed by atoms with Crippen molar-refractivity contribution in [1.82, 2.24) is 5.32 Å². The minimum Gasteiger partial charge on any atom is -0.483 e. The third-order valence-corrected chi connectivity index (χ3v) is 3.85. The van der Waals surface area contributed by atoms with Crippen molar-refractivity contribution in [2.45, 2.75) is 6.92 Å². The molecule has 0 aliphatic rings. The average molecular weight is 412 g/mol. The molecule has 7 heteroatoms. The van der Waals surface area contributed by atoms with Crippen LogP contribution in [0.5, 0.6) is 5.75 Å². The van der Waals surface area contributed by atoms with Gasteiger partial charge in [0.1, 0.15) is 5.75 Å². The van der Waals surface area contributed by atoms with Gasteiger partial charge in [-0.1, -0.05) is 17.7 Å². The highest BCUT2D eigenvalue weighted by Gasteiger charge is 2.09. The highest BCUT2D eigenvalue weighted by Crippen LogP contribution is 2.27. The Morgan fingerprint density at radius 3 is 2.71 bits per heavy atom. The molecule has 0 aromatic heterocycles. The summed E-state index contributed by atoms with van der Waals surface area (Å²) in [5.41, 5.74) is 1.01. The molecule has 5 nitrogen and oxygen atoms in total. The van der Waals surface area contributed by atoms with E-state index in [9.17, 15) is 9.59 Å². The third-order valence-electron chi connectivity index (χ3n) is 3.00. The van der Waals surface area contributed by atoms with Crippen molar-refractivity contribution in [1.29, 1.82) is 0 Å². The Balaban J connectivity index is 1.95. The minimum absolute atomic E-state index is 0.161. The fraction of sp³-hybridized carbons (Fsp3) is 0.176. The third kappa shape index (κ3) is 5.25. The SMILES string of the molecule is CCNC(=O)c1cccc(NC(=O)COc2ccc(Cl)cc2Br)c1. The Kier molecular flexibility index (Phi) is 6.63. The van der Waals surface area contributed by atoms with Crippen molar-refractivity contribution in [3.8, 4) is 5.75 Å². The molecule has 24 heavy (non-hydrogen) atoms. The van der Waals surface area contributed by atoms with E-state index in [1.165, 1.54) is 0 Å². The molecule has 0 aliphatic carbocycles. The highest BCUT2D eigenvalue weighted by molar-refractivity contribution is 9.10. The van der Waals surface area contributed by atoms with Crippen LogP contribution in [0.3, 0.4) is 0 Å². The highest BCUT2D eigenvalue weighted by atomic mass is 79.9. The first-order valence-electron chi connectivity index (χ1n) is 7.25. The molecule has 0 heterocycles. The van der Waals surface area contributed by atoms with Crippen LogP contribution in [0.25, 0.3) is 0 Å². The fourth-order valence-electron chi connectivity index (χ4n) is 1.93. The second kappa shape index (κ2) is 8.70. The number of hydrogen-bond donors (Lipinski definition) is 2. The summed E-state index contributed by atoms with van der Waals surface area (Å²) < 4.78 is 6.11. The van der Waals surface area contributed by atoms with Gasteiger partial charge < -0.3 is 15.4 Å². The molecule has 0 unspecified atom stereocenters. The van der Waals surface area contributed by atoms with Gasteiger partial charge >= 0.3 is 0 Å². The lowest BCUT2D eigenvalue weighted by Crippen LogP contribution is -2.23. The van der Waals surface area contributed by atoms with E-state index in [1.54, 1.807) is 42.5 Å². The number of ether oxygens (including phenoxy) is 1. The zero-order chi connectivity index (χ0) is 17.5. The second-order valence-corrected chi connectivity index (χ2v) is 6.14. The topological polar surface area (TPSA) is 67.4 Å². The molecule has 2 N–H and O–H groups in total. The minimum atomic E-state index is -0.329. The van der Waals surface area contributed by atoms with Gasteiger partial charge in [-0.05, 0) is 59.3 Å². The molecule has 126 valence electrons. The Bertz CT molecular complexity index is 752. The number of nitrogens with one attached hydrogen (secondary N) is 2. The lowest BCUT2D eigenvalue weighted by molar-refractivity contribution is -0.118. The van der Waals surface area contributed by atoms with Crippen LogP contribution in [-0.2, 0) is 4.79 Å². The van der Waals surface area contributed by atoms with Crippen LogP contribution in [-0.4, -0.2) is 25.0 Å². The zero-order valence-electron chi connectivity index (χ0n) is 12.9. The summed E-state index contributed by atoms with van der Waals surface area (Å²) >= 11 is 9.17. The number of hydrogen-bond acceptors (Lipinski definition) is 3. The lowest BCUT2D eigenvalue weighted by atomic mass is 10.2. The van der Waals surface area contributed by atoms with Crippen molar-refractivity contribution in [2.24, 2.45) is 0 Å². The van der Waals surface area contributed by atoms with Gasteiger partial charge in [-0.2, -0.15) is 0 Å². The van der Waals surface area contributed by atoms with Gasteiger partial charge in [0.05, 0.1) is 4.47 Å². The normalized spacial score (nSPS) is 10.1. The first-order chi connectivity index (χ1) is 11.5. The predicted molar refractivity (Wildman–Crippen MR) is 97.7 cm³/mol. The van der Waals surface area contributed by atoms with Crippen molar-refractivity contribution >= 4 is 45.0 Å². The van der Waals surface area contributed by atoms with Crippen LogP contribution in [0, 0.1) is 0 Å². The molecule has 0 saturated heterocycles. The first kappa shape index (κ1) is 18.3. The molecule has 0 saturated carbocycles. The summed E-state index contributed by atoms with van der Waals surface area (Å²) in [5, 5.41) is 5.97. The average Bonchev–Trinajstić information content (AvgIpc) is 2.54. The lowest BCUT2D eigenvalue weighted by Gasteiger charge is -2.10. The smallest absolute Gasteiger partial charge is 0.262 e. The predicted octanol–water partition coefficient (Wildman–Crippen LogP) is 3.87. The van der Waals surface area contributed by atoms with E-state index < -0.39 is 0 Å². The number of halogens is 2. The van der Waals surface area contributed by atoms with Gasteiger partial charge in [0.15, 0.2) is 6.61 Å². The van der Waals surface area contributed by atoms with Crippen molar-refractivity contribution < 1.29 is 14.3 Å². The summed E-state index contributed by atoms with van der Waals surface area (Å²) in [6, 6.07) is 11.7. The maximum Gasteiger partial charge on any atom is 0.262 e. The molecule has 2 aromatic rings. The standard InChI is InChI=1S/C17H16BrClN2O3/c1-2-20-17(23)11-4-3-5-13(8-11)21-16(22)10-24-15-7-6-12(19)9-14(15)18/h3-9H,2,10H2,1H3,(H,20,23)(H,21,22). The van der Waals surface area contributed by atoms with Crippen LogP contribution in [0.15, 0.2) is 46.9 Å². The van der Waals surface area contributed by atoms with E-state index in [0.717, 1.165) is 0 Å². The Labute approximate surface area is 153 Å². The molecule has 0 fully saturated rings. The van der Waals surface area contributed by atoms with Gasteiger partial charge in [-0.15, -0.1) is 0 Å². The molecule has 0 spiro atoms. The van der Waals surface area contributed by atoms with E-state index in [1.807, 2.05) is 6.92 Å². The van der Waals surface area contributed by atoms with Gasteiger partial charge in [0.25, 0.3) is 11.8 Å². The maximum atomic E-state index is 12.0. The Morgan fingerprint density at radius 2 is 2.00 bits per heavy atom. The van der Waals surface area contributed by atoms with E-state index in [2.05, 4.69) is 26.6 Å². The molecule has 0 atom stereocenters. The van der Waals surface area contributed by atoms with Gasteiger partial charge in [0.2, 0.25) is 0 Å². The first-order valence-corrected chi connectivity index (χ1v) is 8.42. The Hall–Kier alpha value is -2.05. The van der Waals surface area contributed by atoms with Crippen LogP contribution < -0.4 is 15.4 Å². The van der Waals surface area contributed by atoms with Crippen LogP contribution in [0.4, 0.5) is 5.69 Å². The largest absolute Gasteiger partial charge is 0.483 e. The van der Waals surface area contributed by atoms with Crippen molar-refractivity contribution in [2.75, 3.05) is 18.5 Å². The monoisotopic (exact) mass is 410 g/mol. The van der Waals surface area contributed by atoms with Gasteiger partial charge in [-0.25, -0.2) is 0 Å². The summed E-state index contributed by atoms with van der Waals surface area (Å²) in [6.45, 7) is 2.22. The van der Waals surface area contributed by atoms with E-state index in [4.69, 9.17) is 16.3 Å². The fourth-order valence-corrected chi connectivity index (χ4v) is 2.73. The van der Waals surface area contributed by atoms with E-state index in [-0.39, 0.29) is 18.4 Å². The summed E-state index contributed by atoms with van der Waals surface area (Å²) in [7, 11) is 0. The molecule has 2 amide bonds. The Morgan fingerprint density at radius 1 is 1.21 bits per heavy atom. The van der Waals surface area contributed by atoms with Crippen LogP contribution >= 0.6 is 27.5 Å². The summed E-state index contributed by atoms with van der Waals surface area (Å²) in [4.78, 5) is 23.8. The van der Waals surface area contributed by atoms with E-state index >= 15 is 0 Å². The molecule has 2 rings (SSSR count). The number of amides is 2. The van der Waals surface area contributed by atoms with Crippen LogP contribution in [0.1, 0.15) is 17.3 Å². The molecule has 2 aromatic carbocycles. The quantitative estimate of drug-likeness (QED) is 0.758. The number of rotatable bonds is 6. The number of carbonyl (C=O) groups is 2. The van der Waals surface area contributed by atoms with Gasteiger partial charge in [0, 0.05) is 22.8 Å². The number of anilines is 1. The zero-order valence-corrected chi connectivity index (χ0v) is 15.3. The molecule has 0 aliphatic heterocycles. The molecular weight excluding hydrogens is 396 g/mol. The number of benzene rings is 2. The second-order valence-electron chi connectivity index (χ2n) is 4.85. The molecule has 0 radical (unpaired) electrons. The van der Waals surface area contributed by atoms with Gasteiger partial charge in [-0.3, -0.25) is 9.59 Å². The van der Waals surface area contributed by atoms with E-state index in [0.29, 0.717) is 33.0 Å². The summed E-state index contributed by atoms with van der Waals surface area (Å²) in [6.07, 6.45) is 0. The molecule has 0 bridgehead atoms. The molecular formula is C17H16BrClN2O3. The van der Waals surface area contributed by atoms with Crippen molar-refractivity contribution in [3.05, 3.63) is 57.5 Å². The summed E-state index contributed by atoms with van der Waals surface area (Å²) in [5.74, 6) is 0.00506. The maximum absolute atomic E-state index is 12.0. The van der Waals surface area contributed by atoms with Crippen LogP contribution in [0.2, 0.25) is 5.02 Å². The van der Waals surface area contributed by atoms with Crippen molar-refractivity contribution in [3.63, 3.8) is 0 Å². The number of carbonyl (C=O) groups excluding carboxylic acids is 2.